The Morgan fingerprint density at radius 1 is 1.47 bits per heavy atom. The molecule has 0 saturated heterocycles. The summed E-state index contributed by atoms with van der Waals surface area (Å²) in [7, 11) is 0. The third-order valence-electron chi connectivity index (χ3n) is 2.08. The van der Waals surface area contributed by atoms with E-state index in [1.807, 2.05) is 23.9 Å². The fraction of sp³-hybridized carbons (Fsp3) is 0.417. The summed E-state index contributed by atoms with van der Waals surface area (Å²) in [6, 6.07) is 7.58. The summed E-state index contributed by atoms with van der Waals surface area (Å²) < 4.78 is 0. The number of unbranched alkanes of at least 4 members (excludes halogenated alkanes) is 1. The molecule has 0 saturated carbocycles. The van der Waals surface area contributed by atoms with Crippen molar-refractivity contribution < 1.29 is 0 Å². The Bertz CT molecular complexity index is 357. The van der Waals surface area contributed by atoms with Crippen LogP contribution >= 0.6 is 23.4 Å². The van der Waals surface area contributed by atoms with Crippen LogP contribution in [0.5, 0.6) is 0 Å². The first-order chi connectivity index (χ1) is 7.27. The van der Waals surface area contributed by atoms with E-state index < -0.39 is 0 Å². The molecule has 0 aliphatic heterocycles. The van der Waals surface area contributed by atoms with Crippen molar-refractivity contribution in [3.05, 3.63) is 34.3 Å². The van der Waals surface area contributed by atoms with Gasteiger partial charge in [0.15, 0.2) is 0 Å². The van der Waals surface area contributed by atoms with Gasteiger partial charge in [0.1, 0.15) is 0 Å². The van der Waals surface area contributed by atoms with Crippen LogP contribution in [-0.4, -0.2) is 5.75 Å². The third-order valence-corrected chi connectivity index (χ3v) is 3.53. The van der Waals surface area contributed by atoms with Crippen LogP contribution in [-0.2, 0) is 5.75 Å². The second-order valence-corrected chi connectivity index (χ2v) is 4.84. The Balaban J connectivity index is 2.52. The number of hydrogen-bond donors (Lipinski definition) is 0. The van der Waals surface area contributed by atoms with Crippen LogP contribution in [0.3, 0.4) is 0 Å². The van der Waals surface area contributed by atoms with E-state index in [1.165, 1.54) is 18.6 Å². The van der Waals surface area contributed by atoms with Gasteiger partial charge in [0.05, 0.1) is 11.6 Å². The van der Waals surface area contributed by atoms with Crippen molar-refractivity contribution in [2.45, 2.75) is 25.5 Å². The van der Waals surface area contributed by atoms with Gasteiger partial charge in [-0.25, -0.2) is 0 Å². The lowest BCUT2D eigenvalue weighted by Gasteiger charge is -2.04. The Labute approximate surface area is 100 Å². The highest BCUT2D eigenvalue weighted by molar-refractivity contribution is 7.98. The first-order valence-corrected chi connectivity index (χ1v) is 6.57. The SMILES string of the molecule is CCCCSCc1ccc(C#N)cc1Cl. The predicted molar refractivity (Wildman–Crippen MR) is 67.2 cm³/mol. The molecule has 0 heterocycles. The largest absolute Gasteiger partial charge is 0.192 e. The van der Waals surface area contributed by atoms with Crippen molar-refractivity contribution >= 4 is 23.4 Å². The van der Waals surface area contributed by atoms with Crippen molar-refractivity contribution in [2.24, 2.45) is 0 Å². The lowest BCUT2D eigenvalue weighted by atomic mass is 10.2. The second-order valence-electron chi connectivity index (χ2n) is 3.32. The zero-order chi connectivity index (χ0) is 11.1. The van der Waals surface area contributed by atoms with Crippen molar-refractivity contribution in [2.75, 3.05) is 5.75 Å². The molecule has 0 unspecified atom stereocenters. The molecule has 0 bridgehead atoms. The molecule has 0 aromatic heterocycles. The van der Waals surface area contributed by atoms with Crippen LogP contribution in [0.4, 0.5) is 0 Å². The molecule has 80 valence electrons. The lowest BCUT2D eigenvalue weighted by molar-refractivity contribution is 0.896. The molecule has 0 aliphatic carbocycles. The summed E-state index contributed by atoms with van der Waals surface area (Å²) in [6.45, 7) is 2.19. The van der Waals surface area contributed by atoms with Gasteiger partial charge in [0.2, 0.25) is 0 Å². The van der Waals surface area contributed by atoms with E-state index in [2.05, 4.69) is 13.0 Å². The number of nitrogens with zero attached hydrogens (tertiary/aromatic N) is 1. The van der Waals surface area contributed by atoms with Crippen LogP contribution in [0.1, 0.15) is 30.9 Å². The molecule has 15 heavy (non-hydrogen) atoms. The minimum absolute atomic E-state index is 0.627. The molecular formula is C12H14ClNS. The van der Waals surface area contributed by atoms with Gasteiger partial charge in [-0.15, -0.1) is 0 Å². The first kappa shape index (κ1) is 12.4. The molecular weight excluding hydrogens is 226 g/mol. The minimum atomic E-state index is 0.627. The fourth-order valence-electron chi connectivity index (χ4n) is 1.16. The number of rotatable bonds is 5. The average molecular weight is 240 g/mol. The monoisotopic (exact) mass is 239 g/mol. The molecule has 0 atom stereocenters. The summed E-state index contributed by atoms with van der Waals surface area (Å²) in [4.78, 5) is 0. The van der Waals surface area contributed by atoms with Gasteiger partial charge >= 0.3 is 0 Å². The van der Waals surface area contributed by atoms with Crippen LogP contribution < -0.4 is 0 Å². The minimum Gasteiger partial charge on any atom is -0.192 e. The molecule has 0 N–H and O–H groups in total. The zero-order valence-corrected chi connectivity index (χ0v) is 10.4. The van der Waals surface area contributed by atoms with Gasteiger partial charge < -0.3 is 0 Å². The van der Waals surface area contributed by atoms with Gasteiger partial charge in [-0.1, -0.05) is 31.0 Å². The van der Waals surface area contributed by atoms with E-state index in [4.69, 9.17) is 16.9 Å². The summed E-state index contributed by atoms with van der Waals surface area (Å²) in [6.07, 6.45) is 2.48. The van der Waals surface area contributed by atoms with E-state index >= 15 is 0 Å². The normalized spacial score (nSPS) is 9.93. The quantitative estimate of drug-likeness (QED) is 0.718. The van der Waals surface area contributed by atoms with Gasteiger partial charge in [-0.05, 0) is 29.9 Å². The van der Waals surface area contributed by atoms with Gasteiger partial charge in [0, 0.05) is 10.8 Å². The van der Waals surface area contributed by atoms with Gasteiger partial charge in [0.25, 0.3) is 0 Å². The third kappa shape index (κ3) is 4.15. The lowest BCUT2D eigenvalue weighted by Crippen LogP contribution is -1.86. The Morgan fingerprint density at radius 3 is 2.87 bits per heavy atom. The van der Waals surface area contributed by atoms with E-state index in [-0.39, 0.29) is 0 Å². The smallest absolute Gasteiger partial charge is 0.0992 e. The van der Waals surface area contributed by atoms with Gasteiger partial charge in [-0.3, -0.25) is 0 Å². The molecule has 0 aliphatic rings. The highest BCUT2D eigenvalue weighted by Crippen LogP contribution is 2.22. The van der Waals surface area contributed by atoms with E-state index in [0.29, 0.717) is 10.6 Å². The highest BCUT2D eigenvalue weighted by atomic mass is 35.5. The molecule has 1 nitrogen and oxygen atoms in total. The van der Waals surface area contributed by atoms with Gasteiger partial charge in [-0.2, -0.15) is 17.0 Å². The molecule has 0 fully saturated rings. The van der Waals surface area contributed by atoms with Crippen LogP contribution in [0, 0.1) is 11.3 Å². The number of hydrogen-bond acceptors (Lipinski definition) is 2. The predicted octanol–water partition coefficient (Wildman–Crippen LogP) is 4.24. The topological polar surface area (TPSA) is 23.8 Å². The summed E-state index contributed by atoms with van der Waals surface area (Å²) in [5, 5.41) is 9.39. The van der Waals surface area contributed by atoms with Crippen molar-refractivity contribution in [1.82, 2.24) is 0 Å². The molecule has 3 heteroatoms. The fourth-order valence-corrected chi connectivity index (χ4v) is 2.60. The molecule has 1 aromatic carbocycles. The van der Waals surface area contributed by atoms with E-state index in [9.17, 15) is 0 Å². The van der Waals surface area contributed by atoms with Crippen molar-refractivity contribution in [3.8, 4) is 6.07 Å². The van der Waals surface area contributed by atoms with Crippen LogP contribution in [0.2, 0.25) is 5.02 Å². The van der Waals surface area contributed by atoms with Crippen LogP contribution in [0.25, 0.3) is 0 Å². The number of benzene rings is 1. The van der Waals surface area contributed by atoms with Crippen molar-refractivity contribution in [3.63, 3.8) is 0 Å². The maximum atomic E-state index is 8.69. The summed E-state index contributed by atoms with van der Waals surface area (Å²) in [5.74, 6) is 2.11. The highest BCUT2D eigenvalue weighted by Gasteiger charge is 2.01. The Morgan fingerprint density at radius 2 is 2.27 bits per heavy atom. The zero-order valence-electron chi connectivity index (χ0n) is 8.79. The molecule has 0 spiro atoms. The van der Waals surface area contributed by atoms with E-state index in [0.717, 1.165) is 11.3 Å². The van der Waals surface area contributed by atoms with Crippen LogP contribution in [0.15, 0.2) is 18.2 Å². The van der Waals surface area contributed by atoms with E-state index in [1.54, 1.807) is 6.07 Å². The standard InChI is InChI=1S/C12H14ClNS/c1-2-3-6-15-9-11-5-4-10(8-14)7-12(11)13/h4-5,7H,2-3,6,9H2,1H3. The Hall–Kier alpha value is -0.650. The summed E-state index contributed by atoms with van der Waals surface area (Å²) in [5.41, 5.74) is 1.75. The molecule has 1 rings (SSSR count). The molecule has 1 aromatic rings. The number of nitriles is 1. The average Bonchev–Trinajstić information content (AvgIpc) is 2.26. The maximum Gasteiger partial charge on any atom is 0.0992 e. The van der Waals surface area contributed by atoms with Crippen molar-refractivity contribution in [1.29, 1.82) is 5.26 Å². The maximum absolute atomic E-state index is 8.69. The number of halogens is 1. The summed E-state index contributed by atoms with van der Waals surface area (Å²) >= 11 is 7.95. The number of thioether (sulfide) groups is 1. The second kappa shape index (κ2) is 6.76. The molecule has 0 radical (unpaired) electrons. The first-order valence-electron chi connectivity index (χ1n) is 5.04. The molecule has 0 amide bonds. The Kier molecular flexibility index (Phi) is 5.60.